The highest BCUT2D eigenvalue weighted by molar-refractivity contribution is 7.98. The van der Waals surface area contributed by atoms with Gasteiger partial charge in [0, 0.05) is 4.90 Å². The highest BCUT2D eigenvalue weighted by Crippen LogP contribution is 2.17. The first-order chi connectivity index (χ1) is 13.0. The lowest BCUT2D eigenvalue weighted by Crippen LogP contribution is -2.14. The minimum atomic E-state index is -3.59. The zero-order chi connectivity index (χ0) is 19.3. The topological polar surface area (TPSA) is 102 Å². The Hall–Kier alpha value is -2.65. The van der Waals surface area contributed by atoms with Crippen LogP contribution in [0.25, 0.3) is 0 Å². The summed E-state index contributed by atoms with van der Waals surface area (Å²) in [4.78, 5) is 13.4. The lowest BCUT2D eigenvalue weighted by Gasteiger charge is -2.02. The summed E-state index contributed by atoms with van der Waals surface area (Å²) < 4.78 is 29.9. The SMILES string of the molecule is CSc1ccc(CC(=O)Nc2nnc(CS(=O)(=O)c3ccccc3)o2)cc1. The van der Waals surface area contributed by atoms with Gasteiger partial charge in [-0.15, -0.1) is 16.9 Å². The number of benzene rings is 2. The lowest BCUT2D eigenvalue weighted by atomic mass is 10.1. The van der Waals surface area contributed by atoms with Crippen molar-refractivity contribution in [2.45, 2.75) is 22.0 Å². The molecule has 1 amide bonds. The van der Waals surface area contributed by atoms with E-state index in [0.29, 0.717) is 0 Å². The summed E-state index contributed by atoms with van der Waals surface area (Å²) in [5, 5.41) is 9.87. The number of carbonyl (C=O) groups is 1. The first kappa shape index (κ1) is 19.1. The Morgan fingerprint density at radius 1 is 1.07 bits per heavy atom. The van der Waals surface area contributed by atoms with Crippen LogP contribution in [-0.4, -0.2) is 30.8 Å². The number of hydrogen-bond acceptors (Lipinski definition) is 7. The molecule has 0 aliphatic rings. The first-order valence-electron chi connectivity index (χ1n) is 7.99. The molecule has 0 unspecified atom stereocenters. The summed E-state index contributed by atoms with van der Waals surface area (Å²) in [6.45, 7) is 0. The van der Waals surface area contributed by atoms with Gasteiger partial charge in [-0.05, 0) is 36.1 Å². The quantitative estimate of drug-likeness (QED) is 0.605. The summed E-state index contributed by atoms with van der Waals surface area (Å²) in [6.07, 6.45) is 2.13. The van der Waals surface area contributed by atoms with Gasteiger partial charge in [0.2, 0.25) is 11.8 Å². The average molecular weight is 403 g/mol. The van der Waals surface area contributed by atoms with Crippen LogP contribution >= 0.6 is 11.8 Å². The zero-order valence-corrected chi connectivity index (χ0v) is 16.1. The smallest absolute Gasteiger partial charge is 0.322 e. The van der Waals surface area contributed by atoms with Gasteiger partial charge in [-0.1, -0.05) is 35.4 Å². The second kappa shape index (κ2) is 8.36. The molecule has 140 valence electrons. The molecule has 7 nitrogen and oxygen atoms in total. The Bertz CT molecular complexity index is 1020. The zero-order valence-electron chi connectivity index (χ0n) is 14.5. The highest BCUT2D eigenvalue weighted by Gasteiger charge is 2.20. The molecule has 0 spiro atoms. The third-order valence-corrected chi connectivity index (χ3v) is 6.01. The standard InChI is InChI=1S/C18H17N3O4S2/c1-26-14-9-7-13(8-10-14)11-16(22)19-18-21-20-17(25-18)12-27(23,24)15-5-3-2-4-6-15/h2-10H,11-12H2,1H3,(H,19,21,22). The van der Waals surface area contributed by atoms with Crippen LogP contribution in [0.4, 0.5) is 6.01 Å². The number of carbonyl (C=O) groups excluding carboxylic acids is 1. The van der Waals surface area contributed by atoms with Crippen LogP contribution in [0, 0.1) is 0 Å². The van der Waals surface area contributed by atoms with Crippen molar-refractivity contribution in [2.24, 2.45) is 0 Å². The third-order valence-electron chi connectivity index (χ3n) is 3.65. The molecule has 2 aromatic carbocycles. The Labute approximate surface area is 161 Å². The molecule has 1 N–H and O–H groups in total. The van der Waals surface area contributed by atoms with Gasteiger partial charge in [0.05, 0.1) is 11.3 Å². The molecule has 1 heterocycles. The molecule has 0 fully saturated rings. The van der Waals surface area contributed by atoms with Crippen molar-refractivity contribution in [3.63, 3.8) is 0 Å². The van der Waals surface area contributed by atoms with Gasteiger partial charge in [0.25, 0.3) is 0 Å². The summed E-state index contributed by atoms with van der Waals surface area (Å²) >= 11 is 1.62. The number of nitrogens with one attached hydrogen (secondary N) is 1. The van der Waals surface area contributed by atoms with E-state index in [2.05, 4.69) is 15.5 Å². The molecule has 0 saturated carbocycles. The van der Waals surface area contributed by atoms with Gasteiger partial charge in [-0.25, -0.2) is 8.42 Å². The number of hydrogen-bond donors (Lipinski definition) is 1. The molecule has 0 aliphatic carbocycles. The van der Waals surface area contributed by atoms with Crippen LogP contribution < -0.4 is 5.32 Å². The number of nitrogens with zero attached hydrogens (tertiary/aromatic N) is 2. The summed E-state index contributed by atoms with van der Waals surface area (Å²) in [7, 11) is -3.59. The van der Waals surface area contributed by atoms with Crippen molar-refractivity contribution in [1.82, 2.24) is 10.2 Å². The number of amides is 1. The molecule has 0 saturated heterocycles. The van der Waals surface area contributed by atoms with Gasteiger partial charge in [-0.3, -0.25) is 10.1 Å². The molecule has 0 aliphatic heterocycles. The first-order valence-corrected chi connectivity index (χ1v) is 10.9. The van der Waals surface area contributed by atoms with Crippen molar-refractivity contribution in [3.8, 4) is 0 Å². The van der Waals surface area contributed by atoms with E-state index in [4.69, 9.17) is 4.42 Å². The van der Waals surface area contributed by atoms with E-state index in [1.165, 1.54) is 12.1 Å². The second-order valence-electron chi connectivity index (χ2n) is 5.65. The Kier molecular flexibility index (Phi) is 5.92. The van der Waals surface area contributed by atoms with Crippen LogP contribution in [0.1, 0.15) is 11.5 Å². The van der Waals surface area contributed by atoms with E-state index in [1.54, 1.807) is 30.0 Å². The number of anilines is 1. The summed E-state index contributed by atoms with van der Waals surface area (Å²) in [6, 6.07) is 15.5. The van der Waals surface area contributed by atoms with E-state index in [9.17, 15) is 13.2 Å². The van der Waals surface area contributed by atoms with E-state index in [1.807, 2.05) is 30.5 Å². The molecule has 3 rings (SSSR count). The van der Waals surface area contributed by atoms with Crippen molar-refractivity contribution >= 4 is 33.5 Å². The Morgan fingerprint density at radius 2 is 1.78 bits per heavy atom. The van der Waals surface area contributed by atoms with Gasteiger partial charge >= 0.3 is 6.01 Å². The largest absolute Gasteiger partial charge is 0.407 e. The number of thioether (sulfide) groups is 1. The minimum Gasteiger partial charge on any atom is -0.407 e. The fourth-order valence-electron chi connectivity index (χ4n) is 2.33. The van der Waals surface area contributed by atoms with Gasteiger partial charge in [0.15, 0.2) is 9.84 Å². The second-order valence-corrected chi connectivity index (χ2v) is 8.52. The maximum Gasteiger partial charge on any atom is 0.322 e. The minimum absolute atomic E-state index is 0.0847. The Morgan fingerprint density at radius 3 is 2.44 bits per heavy atom. The van der Waals surface area contributed by atoms with Gasteiger partial charge in [0.1, 0.15) is 5.75 Å². The van der Waals surface area contributed by atoms with Gasteiger partial charge < -0.3 is 4.42 Å². The average Bonchev–Trinajstić information content (AvgIpc) is 3.09. The lowest BCUT2D eigenvalue weighted by molar-refractivity contribution is -0.115. The van der Waals surface area contributed by atoms with Crippen LogP contribution in [0.3, 0.4) is 0 Å². The fourth-order valence-corrected chi connectivity index (χ4v) is 3.92. The van der Waals surface area contributed by atoms with Crippen LogP contribution in [0.2, 0.25) is 0 Å². The predicted molar refractivity (Wildman–Crippen MR) is 102 cm³/mol. The van der Waals surface area contributed by atoms with Crippen LogP contribution in [-0.2, 0) is 26.8 Å². The van der Waals surface area contributed by atoms with E-state index >= 15 is 0 Å². The molecule has 9 heteroatoms. The maximum atomic E-state index is 12.3. The highest BCUT2D eigenvalue weighted by atomic mass is 32.2. The normalized spacial score (nSPS) is 11.3. The maximum absolute atomic E-state index is 12.3. The van der Waals surface area contributed by atoms with Crippen molar-refractivity contribution in [3.05, 3.63) is 66.1 Å². The van der Waals surface area contributed by atoms with E-state index < -0.39 is 15.6 Å². The van der Waals surface area contributed by atoms with Gasteiger partial charge in [-0.2, -0.15) is 0 Å². The van der Waals surface area contributed by atoms with E-state index in [-0.39, 0.29) is 29.1 Å². The number of sulfone groups is 1. The fraction of sp³-hybridized carbons (Fsp3) is 0.167. The predicted octanol–water partition coefficient (Wildman–Crippen LogP) is 2.95. The molecule has 0 radical (unpaired) electrons. The molecule has 0 bridgehead atoms. The molecule has 1 aromatic heterocycles. The van der Waals surface area contributed by atoms with E-state index in [0.717, 1.165) is 10.5 Å². The molecule has 0 atom stereocenters. The van der Waals surface area contributed by atoms with Crippen molar-refractivity contribution in [1.29, 1.82) is 0 Å². The summed E-state index contributed by atoms with van der Waals surface area (Å²) in [5.41, 5.74) is 0.844. The monoisotopic (exact) mass is 403 g/mol. The molecule has 27 heavy (non-hydrogen) atoms. The molecular formula is C18H17N3O4S2. The molecular weight excluding hydrogens is 386 g/mol. The number of rotatable bonds is 7. The third kappa shape index (κ3) is 5.18. The van der Waals surface area contributed by atoms with Crippen LogP contribution in [0.5, 0.6) is 0 Å². The van der Waals surface area contributed by atoms with Crippen molar-refractivity contribution in [2.75, 3.05) is 11.6 Å². The van der Waals surface area contributed by atoms with Crippen LogP contribution in [0.15, 0.2) is 68.8 Å². The summed E-state index contributed by atoms with van der Waals surface area (Å²) in [5.74, 6) is -0.845. The Balaban J connectivity index is 1.61. The molecule has 3 aromatic rings. The van der Waals surface area contributed by atoms with Crippen molar-refractivity contribution < 1.29 is 17.6 Å². The number of aromatic nitrogens is 2.